The molecule has 0 fully saturated rings. The lowest BCUT2D eigenvalue weighted by atomic mass is 10.1. The number of nitro benzene ring substituents is 1. The van der Waals surface area contributed by atoms with Gasteiger partial charge in [0.25, 0.3) is 5.69 Å². The summed E-state index contributed by atoms with van der Waals surface area (Å²) >= 11 is 0. The van der Waals surface area contributed by atoms with E-state index >= 15 is 0 Å². The molecule has 2 aromatic carbocycles. The predicted molar refractivity (Wildman–Crippen MR) is 84.4 cm³/mol. The molecule has 1 atom stereocenters. The molecular weight excluding hydrogens is 298 g/mol. The molecule has 0 bridgehead atoms. The molecule has 2 rings (SSSR count). The summed E-state index contributed by atoms with van der Waals surface area (Å²) in [5.41, 5.74) is 1.16. The van der Waals surface area contributed by atoms with Crippen LogP contribution in [-0.2, 0) is 6.42 Å². The van der Waals surface area contributed by atoms with Crippen LogP contribution in [0.3, 0.4) is 0 Å². The van der Waals surface area contributed by atoms with E-state index in [4.69, 9.17) is 5.26 Å². The van der Waals surface area contributed by atoms with Crippen LogP contribution in [0.4, 0.5) is 11.4 Å². The van der Waals surface area contributed by atoms with Crippen molar-refractivity contribution in [1.29, 1.82) is 5.26 Å². The summed E-state index contributed by atoms with van der Waals surface area (Å²) in [6.45, 7) is 1.84. The number of rotatable bonds is 5. The standard InChI is InChI=1S/C16H15N3O4/c1-10(6-11-3-5-15(20)16(21)8-11)18-13-4-2-12(9-17)7-14(13)19(22)23/h2-5,7-8,10,18,20-21H,6H2,1H3/t10-/m0/s1. The zero-order valence-electron chi connectivity index (χ0n) is 12.4. The van der Waals surface area contributed by atoms with E-state index in [1.165, 1.54) is 30.3 Å². The minimum absolute atomic E-state index is 0.162. The van der Waals surface area contributed by atoms with Gasteiger partial charge in [-0.2, -0.15) is 5.26 Å². The van der Waals surface area contributed by atoms with Crippen molar-refractivity contribution in [3.05, 3.63) is 57.6 Å². The molecule has 0 aromatic heterocycles. The van der Waals surface area contributed by atoms with Crippen molar-refractivity contribution in [2.45, 2.75) is 19.4 Å². The molecule has 7 nitrogen and oxygen atoms in total. The monoisotopic (exact) mass is 313 g/mol. The number of anilines is 1. The Hall–Kier alpha value is -3.27. The normalized spacial score (nSPS) is 11.5. The number of phenolic OH excluding ortho intramolecular Hbond substituents is 2. The quantitative estimate of drug-likeness (QED) is 0.443. The van der Waals surface area contributed by atoms with Gasteiger partial charge in [-0.25, -0.2) is 0 Å². The second-order valence-corrected chi connectivity index (χ2v) is 5.17. The average molecular weight is 313 g/mol. The zero-order chi connectivity index (χ0) is 17.0. The van der Waals surface area contributed by atoms with E-state index in [0.29, 0.717) is 12.1 Å². The molecule has 2 aromatic rings. The number of hydrogen-bond acceptors (Lipinski definition) is 6. The molecule has 3 N–H and O–H groups in total. The highest BCUT2D eigenvalue weighted by Crippen LogP contribution is 2.28. The largest absolute Gasteiger partial charge is 0.504 e. The van der Waals surface area contributed by atoms with Gasteiger partial charge in [0.15, 0.2) is 11.5 Å². The van der Waals surface area contributed by atoms with E-state index in [9.17, 15) is 20.3 Å². The van der Waals surface area contributed by atoms with Crippen LogP contribution in [0, 0.1) is 21.4 Å². The summed E-state index contributed by atoms with van der Waals surface area (Å²) < 4.78 is 0. The summed E-state index contributed by atoms with van der Waals surface area (Å²) in [5.74, 6) is -0.406. The Morgan fingerprint density at radius 1 is 1.26 bits per heavy atom. The lowest BCUT2D eigenvalue weighted by Crippen LogP contribution is -2.18. The molecule has 7 heteroatoms. The molecular formula is C16H15N3O4. The number of benzene rings is 2. The molecule has 0 aliphatic rings. The number of phenols is 2. The van der Waals surface area contributed by atoms with Crippen molar-refractivity contribution in [3.63, 3.8) is 0 Å². The summed E-state index contributed by atoms with van der Waals surface area (Å²) in [4.78, 5) is 10.6. The minimum Gasteiger partial charge on any atom is -0.504 e. The van der Waals surface area contributed by atoms with Crippen molar-refractivity contribution >= 4 is 11.4 Å². The second kappa shape index (κ2) is 6.66. The van der Waals surface area contributed by atoms with Gasteiger partial charge >= 0.3 is 0 Å². The molecule has 118 valence electrons. The van der Waals surface area contributed by atoms with Gasteiger partial charge in [0, 0.05) is 12.1 Å². The fourth-order valence-corrected chi connectivity index (χ4v) is 2.24. The number of nitriles is 1. The Morgan fingerprint density at radius 2 is 2.00 bits per heavy atom. The van der Waals surface area contributed by atoms with Crippen molar-refractivity contribution < 1.29 is 15.1 Å². The first kappa shape index (κ1) is 16.1. The zero-order valence-corrected chi connectivity index (χ0v) is 12.4. The van der Waals surface area contributed by atoms with Gasteiger partial charge in [-0.15, -0.1) is 0 Å². The molecule has 0 amide bonds. The fraction of sp³-hybridized carbons (Fsp3) is 0.188. The third-order valence-electron chi connectivity index (χ3n) is 3.31. The Kier molecular flexibility index (Phi) is 4.66. The Morgan fingerprint density at radius 3 is 2.61 bits per heavy atom. The van der Waals surface area contributed by atoms with Crippen molar-refractivity contribution in [2.75, 3.05) is 5.32 Å². The van der Waals surface area contributed by atoms with Crippen LogP contribution in [0.1, 0.15) is 18.1 Å². The van der Waals surface area contributed by atoms with Crippen LogP contribution < -0.4 is 5.32 Å². The molecule has 0 unspecified atom stereocenters. The highest BCUT2D eigenvalue weighted by molar-refractivity contribution is 5.64. The Labute approximate surface area is 132 Å². The highest BCUT2D eigenvalue weighted by atomic mass is 16.6. The summed E-state index contributed by atoms with van der Waals surface area (Å²) in [6.07, 6.45) is 0.491. The van der Waals surface area contributed by atoms with E-state index in [-0.39, 0.29) is 28.8 Å². The third-order valence-corrected chi connectivity index (χ3v) is 3.31. The van der Waals surface area contributed by atoms with Crippen molar-refractivity contribution in [3.8, 4) is 17.6 Å². The SMILES string of the molecule is C[C@@H](Cc1ccc(O)c(O)c1)Nc1ccc(C#N)cc1[N+](=O)[O-]. The van der Waals surface area contributed by atoms with Crippen LogP contribution in [0.15, 0.2) is 36.4 Å². The van der Waals surface area contributed by atoms with Gasteiger partial charge in [-0.05, 0) is 43.2 Å². The molecule has 0 saturated carbocycles. The van der Waals surface area contributed by atoms with Crippen LogP contribution in [-0.4, -0.2) is 21.2 Å². The first-order chi connectivity index (χ1) is 10.9. The molecule has 0 aliphatic carbocycles. The predicted octanol–water partition coefficient (Wildman–Crippen LogP) is 2.92. The average Bonchev–Trinajstić information content (AvgIpc) is 2.51. The second-order valence-electron chi connectivity index (χ2n) is 5.17. The van der Waals surface area contributed by atoms with Gasteiger partial charge < -0.3 is 15.5 Å². The smallest absolute Gasteiger partial charge is 0.293 e. The number of nitrogens with one attached hydrogen (secondary N) is 1. The van der Waals surface area contributed by atoms with Crippen LogP contribution in [0.25, 0.3) is 0 Å². The molecule has 0 spiro atoms. The van der Waals surface area contributed by atoms with Crippen LogP contribution in [0.2, 0.25) is 0 Å². The number of hydrogen-bond donors (Lipinski definition) is 3. The lowest BCUT2D eigenvalue weighted by Gasteiger charge is -2.16. The molecule has 23 heavy (non-hydrogen) atoms. The maximum atomic E-state index is 11.1. The number of nitrogens with zero attached hydrogens (tertiary/aromatic N) is 2. The van der Waals surface area contributed by atoms with Gasteiger partial charge in [-0.3, -0.25) is 10.1 Å². The molecule has 0 aliphatic heterocycles. The van der Waals surface area contributed by atoms with Crippen LogP contribution >= 0.6 is 0 Å². The molecule has 0 radical (unpaired) electrons. The maximum absolute atomic E-state index is 11.1. The van der Waals surface area contributed by atoms with Gasteiger partial charge in [0.05, 0.1) is 16.6 Å². The number of nitro groups is 1. The summed E-state index contributed by atoms with van der Waals surface area (Å²) in [6, 6.07) is 10.4. The lowest BCUT2D eigenvalue weighted by molar-refractivity contribution is -0.384. The first-order valence-corrected chi connectivity index (χ1v) is 6.86. The number of aromatic hydroxyl groups is 2. The van der Waals surface area contributed by atoms with Crippen LogP contribution in [0.5, 0.6) is 11.5 Å². The van der Waals surface area contributed by atoms with Gasteiger partial charge in [0.2, 0.25) is 0 Å². The van der Waals surface area contributed by atoms with Gasteiger partial charge in [-0.1, -0.05) is 6.07 Å². The van der Waals surface area contributed by atoms with E-state index < -0.39 is 4.92 Å². The summed E-state index contributed by atoms with van der Waals surface area (Å²) in [5, 5.41) is 41.7. The Bertz CT molecular complexity index is 783. The minimum atomic E-state index is -0.539. The topological polar surface area (TPSA) is 119 Å². The van der Waals surface area contributed by atoms with E-state index in [2.05, 4.69) is 5.32 Å². The van der Waals surface area contributed by atoms with Crippen molar-refractivity contribution in [1.82, 2.24) is 0 Å². The summed E-state index contributed by atoms with van der Waals surface area (Å²) in [7, 11) is 0. The first-order valence-electron chi connectivity index (χ1n) is 6.86. The van der Waals surface area contributed by atoms with Crippen molar-refractivity contribution in [2.24, 2.45) is 0 Å². The van der Waals surface area contributed by atoms with E-state index in [0.717, 1.165) is 5.56 Å². The third kappa shape index (κ3) is 3.89. The van der Waals surface area contributed by atoms with E-state index in [1.807, 2.05) is 13.0 Å². The van der Waals surface area contributed by atoms with E-state index in [1.54, 1.807) is 6.07 Å². The van der Waals surface area contributed by atoms with Gasteiger partial charge in [0.1, 0.15) is 5.69 Å². The molecule has 0 heterocycles. The Balaban J connectivity index is 2.16. The maximum Gasteiger partial charge on any atom is 0.293 e. The highest BCUT2D eigenvalue weighted by Gasteiger charge is 2.16. The fourth-order valence-electron chi connectivity index (χ4n) is 2.24. The molecule has 0 saturated heterocycles.